The first-order valence-corrected chi connectivity index (χ1v) is 18.7. The molecule has 11 heteroatoms. The van der Waals surface area contributed by atoms with E-state index in [9.17, 15) is 19.8 Å². The van der Waals surface area contributed by atoms with Crippen molar-refractivity contribution in [3.63, 3.8) is 0 Å². The molecule has 0 unspecified atom stereocenters. The summed E-state index contributed by atoms with van der Waals surface area (Å²) in [6.07, 6.45) is 2.49. The monoisotopic (exact) mass is 741 g/mol. The number of benzene rings is 4. The van der Waals surface area contributed by atoms with Crippen molar-refractivity contribution in [1.29, 1.82) is 0 Å². The summed E-state index contributed by atoms with van der Waals surface area (Å²) in [5, 5.41) is 33.3. The van der Waals surface area contributed by atoms with E-state index < -0.39 is 17.8 Å². The molecule has 2 amide bonds. The van der Waals surface area contributed by atoms with Crippen LogP contribution in [0.15, 0.2) is 97.1 Å². The lowest BCUT2D eigenvalue weighted by Crippen LogP contribution is -2.46. The van der Waals surface area contributed by atoms with E-state index in [1.807, 2.05) is 84.9 Å². The summed E-state index contributed by atoms with van der Waals surface area (Å²) in [7, 11) is 0. The standard InChI is InChI=1S/C42H48ClN3O7/c43-36-17-15-35(16-18-36)42(50)19-21-46(22-20-42)27-37-25-38(31-13-11-29(28-47)12-14-31)53-41(52-37)34-8-4-7-33(24-34)32-6-3-5-30(23-32)26-44-39(48)9-1-2-10-40(49)45-51/h3-8,11-18,23-24,37-38,41,47,50-51H,1-2,9-10,19-22,25-28H2,(H,44,48)(H,45,49)/t37-,38+,41+/m0/s1. The van der Waals surface area contributed by atoms with Crippen LogP contribution in [0.25, 0.3) is 11.1 Å². The summed E-state index contributed by atoms with van der Waals surface area (Å²) in [4.78, 5) is 25.9. The van der Waals surface area contributed by atoms with Crippen molar-refractivity contribution in [2.75, 3.05) is 19.6 Å². The van der Waals surface area contributed by atoms with Crippen molar-refractivity contribution in [2.45, 2.75) is 82.2 Å². The van der Waals surface area contributed by atoms with Crippen LogP contribution in [0.3, 0.4) is 0 Å². The van der Waals surface area contributed by atoms with Gasteiger partial charge < -0.3 is 29.9 Å². The van der Waals surface area contributed by atoms with Gasteiger partial charge in [-0.3, -0.25) is 14.8 Å². The Morgan fingerprint density at radius 2 is 1.49 bits per heavy atom. The first-order valence-electron chi connectivity index (χ1n) is 18.3. The van der Waals surface area contributed by atoms with Gasteiger partial charge in [0.25, 0.3) is 0 Å². The van der Waals surface area contributed by atoms with Crippen molar-refractivity contribution in [1.82, 2.24) is 15.7 Å². The number of unbranched alkanes of at least 4 members (excludes halogenated alkanes) is 1. The number of hydroxylamine groups is 1. The predicted octanol–water partition coefficient (Wildman–Crippen LogP) is 6.71. The minimum atomic E-state index is -0.887. The maximum atomic E-state index is 12.4. The van der Waals surface area contributed by atoms with E-state index in [4.69, 9.17) is 26.3 Å². The number of ether oxygens (including phenoxy) is 2. The molecule has 0 saturated carbocycles. The van der Waals surface area contributed by atoms with Crippen LogP contribution in [0, 0.1) is 0 Å². The molecule has 4 aromatic carbocycles. The minimum absolute atomic E-state index is 0.0226. The Kier molecular flexibility index (Phi) is 13.3. The molecule has 10 nitrogen and oxygen atoms in total. The summed E-state index contributed by atoms with van der Waals surface area (Å²) in [5.74, 6) is -0.547. The molecule has 2 heterocycles. The van der Waals surface area contributed by atoms with Crippen molar-refractivity contribution >= 4 is 23.4 Å². The Bertz CT molecular complexity index is 1810. The molecule has 3 atom stereocenters. The molecular formula is C42H48ClN3O7. The van der Waals surface area contributed by atoms with Gasteiger partial charge in [-0.1, -0.05) is 84.4 Å². The number of carbonyl (C=O) groups excluding carboxylic acids is 2. The van der Waals surface area contributed by atoms with Gasteiger partial charge in [0.05, 0.1) is 24.4 Å². The predicted molar refractivity (Wildman–Crippen MR) is 202 cm³/mol. The lowest BCUT2D eigenvalue weighted by molar-refractivity contribution is -0.253. The number of carbonyl (C=O) groups is 2. The van der Waals surface area contributed by atoms with Crippen molar-refractivity contribution in [3.8, 4) is 11.1 Å². The zero-order chi connectivity index (χ0) is 37.2. The molecule has 0 spiro atoms. The van der Waals surface area contributed by atoms with E-state index in [1.54, 1.807) is 5.48 Å². The van der Waals surface area contributed by atoms with Crippen LogP contribution in [-0.4, -0.2) is 57.9 Å². The maximum absolute atomic E-state index is 12.4. The van der Waals surface area contributed by atoms with E-state index in [0.29, 0.717) is 56.6 Å². The molecule has 2 aliphatic heterocycles. The molecular weight excluding hydrogens is 694 g/mol. The topological polar surface area (TPSA) is 141 Å². The number of halogens is 1. The van der Waals surface area contributed by atoms with E-state index in [-0.39, 0.29) is 31.1 Å². The molecule has 53 heavy (non-hydrogen) atoms. The highest BCUT2D eigenvalue weighted by molar-refractivity contribution is 6.30. The molecule has 280 valence electrons. The maximum Gasteiger partial charge on any atom is 0.243 e. The van der Waals surface area contributed by atoms with Crippen LogP contribution in [0.2, 0.25) is 5.02 Å². The van der Waals surface area contributed by atoms with Gasteiger partial charge >= 0.3 is 0 Å². The van der Waals surface area contributed by atoms with Crippen LogP contribution in [-0.2, 0) is 37.8 Å². The molecule has 2 saturated heterocycles. The second-order valence-electron chi connectivity index (χ2n) is 14.0. The van der Waals surface area contributed by atoms with Crippen LogP contribution < -0.4 is 10.8 Å². The van der Waals surface area contributed by atoms with Crippen molar-refractivity contribution in [3.05, 3.63) is 130 Å². The fourth-order valence-electron chi connectivity index (χ4n) is 7.12. The largest absolute Gasteiger partial charge is 0.392 e. The Balaban J connectivity index is 1.12. The summed E-state index contributed by atoms with van der Waals surface area (Å²) in [6.45, 7) is 2.52. The fraction of sp³-hybridized carbons (Fsp3) is 0.381. The number of piperidine rings is 1. The van der Waals surface area contributed by atoms with Crippen LogP contribution in [0.5, 0.6) is 0 Å². The first-order chi connectivity index (χ1) is 25.7. The number of rotatable bonds is 14. The third-order valence-corrected chi connectivity index (χ3v) is 10.5. The zero-order valence-electron chi connectivity index (χ0n) is 29.8. The SMILES string of the molecule is O=C(CCCCC(=O)NCc1cccc(-c2cccc([C@@H]3O[C@H](CN4CCC(O)(c5ccc(Cl)cc5)CC4)C[C@H](c4ccc(CO)cc4)O3)c2)c1)NO. The van der Waals surface area contributed by atoms with Crippen LogP contribution >= 0.6 is 11.6 Å². The highest BCUT2D eigenvalue weighted by Crippen LogP contribution is 2.40. The third kappa shape index (κ3) is 10.5. The molecule has 2 aliphatic rings. The van der Waals surface area contributed by atoms with Gasteiger partial charge in [0.15, 0.2) is 6.29 Å². The van der Waals surface area contributed by atoms with Gasteiger partial charge in [0.1, 0.15) is 0 Å². The average molecular weight is 742 g/mol. The lowest BCUT2D eigenvalue weighted by Gasteiger charge is -2.42. The number of nitrogens with one attached hydrogen (secondary N) is 2. The normalized spacial score (nSPS) is 20.1. The number of aliphatic hydroxyl groups excluding tert-OH is 1. The second kappa shape index (κ2) is 18.3. The number of hydrogen-bond donors (Lipinski definition) is 5. The summed E-state index contributed by atoms with van der Waals surface area (Å²) in [6, 6.07) is 31.5. The lowest BCUT2D eigenvalue weighted by atomic mass is 9.84. The smallest absolute Gasteiger partial charge is 0.243 e. The molecule has 4 aromatic rings. The van der Waals surface area contributed by atoms with E-state index in [2.05, 4.69) is 22.3 Å². The van der Waals surface area contributed by atoms with Gasteiger partial charge in [0.2, 0.25) is 11.8 Å². The Hall–Kier alpha value is -4.13. The van der Waals surface area contributed by atoms with Crippen molar-refractivity contribution < 1.29 is 34.5 Å². The molecule has 2 fully saturated rings. The van der Waals surface area contributed by atoms with Gasteiger partial charge in [-0.05, 0) is 83.3 Å². The number of likely N-dealkylation sites (tertiary alicyclic amines) is 1. The fourth-order valence-corrected chi connectivity index (χ4v) is 7.24. The Morgan fingerprint density at radius 1 is 0.811 bits per heavy atom. The minimum Gasteiger partial charge on any atom is -0.392 e. The van der Waals surface area contributed by atoms with Gasteiger partial charge in [-0.25, -0.2) is 5.48 Å². The molecule has 0 bridgehead atoms. The summed E-state index contributed by atoms with van der Waals surface area (Å²) in [5.41, 5.74) is 7.33. The summed E-state index contributed by atoms with van der Waals surface area (Å²) < 4.78 is 13.4. The van der Waals surface area contributed by atoms with Crippen molar-refractivity contribution in [2.24, 2.45) is 0 Å². The van der Waals surface area contributed by atoms with E-state index in [0.717, 1.165) is 52.0 Å². The highest BCUT2D eigenvalue weighted by atomic mass is 35.5. The zero-order valence-corrected chi connectivity index (χ0v) is 30.5. The highest BCUT2D eigenvalue weighted by Gasteiger charge is 2.37. The van der Waals surface area contributed by atoms with E-state index >= 15 is 0 Å². The first kappa shape index (κ1) is 38.6. The number of amides is 2. The molecule has 6 rings (SSSR count). The van der Waals surface area contributed by atoms with Gasteiger partial charge in [-0.15, -0.1) is 0 Å². The van der Waals surface area contributed by atoms with E-state index in [1.165, 1.54) is 0 Å². The molecule has 0 aliphatic carbocycles. The van der Waals surface area contributed by atoms with Crippen LogP contribution in [0.1, 0.15) is 85.2 Å². The van der Waals surface area contributed by atoms with Gasteiger partial charge in [0, 0.05) is 56.0 Å². The average Bonchev–Trinajstić information content (AvgIpc) is 3.20. The number of hydrogen-bond acceptors (Lipinski definition) is 8. The molecule has 0 aromatic heterocycles. The molecule has 5 N–H and O–H groups in total. The quantitative estimate of drug-likeness (QED) is 0.0546. The van der Waals surface area contributed by atoms with Crippen LogP contribution in [0.4, 0.5) is 0 Å². The Morgan fingerprint density at radius 3 is 2.19 bits per heavy atom. The molecule has 0 radical (unpaired) electrons. The van der Waals surface area contributed by atoms with Gasteiger partial charge in [-0.2, -0.15) is 0 Å². The third-order valence-electron chi connectivity index (χ3n) is 10.2. The number of aliphatic hydroxyl groups is 2. The second-order valence-corrected chi connectivity index (χ2v) is 14.5. The summed E-state index contributed by atoms with van der Waals surface area (Å²) >= 11 is 6.10. The Labute approximate surface area is 315 Å². The number of nitrogens with zero attached hydrogens (tertiary/aromatic N) is 1.